The molecule has 0 spiro atoms. The Morgan fingerprint density at radius 3 is 1.85 bits per heavy atom. The Kier molecular flexibility index (Phi) is 4.54. The van der Waals surface area contributed by atoms with Crippen molar-refractivity contribution in [2.45, 2.75) is 65.5 Å². The Labute approximate surface area is 125 Å². The van der Waals surface area contributed by atoms with Crippen LogP contribution in [-0.2, 0) is 4.74 Å². The van der Waals surface area contributed by atoms with E-state index in [1.165, 1.54) is 39.0 Å². The number of hydrogen-bond donors (Lipinski definition) is 0. The van der Waals surface area contributed by atoms with Crippen molar-refractivity contribution in [2.75, 3.05) is 39.3 Å². The molecule has 1 aliphatic carbocycles. The summed E-state index contributed by atoms with van der Waals surface area (Å²) < 4.78 is 5.84. The molecule has 0 aromatic rings. The number of hydrogen-bond acceptors (Lipinski definition) is 3. The molecule has 0 aromatic heterocycles. The van der Waals surface area contributed by atoms with Crippen LogP contribution in [-0.4, -0.2) is 60.3 Å². The van der Waals surface area contributed by atoms with Crippen LogP contribution in [0.5, 0.6) is 0 Å². The molecule has 1 saturated carbocycles. The highest BCUT2D eigenvalue weighted by Gasteiger charge is 2.55. The normalized spacial score (nSPS) is 24.9. The predicted molar refractivity (Wildman–Crippen MR) is 85.1 cm³/mol. The van der Waals surface area contributed by atoms with Crippen LogP contribution in [0.25, 0.3) is 0 Å². The minimum Gasteiger partial charge on any atom is -0.375 e. The van der Waals surface area contributed by atoms with Gasteiger partial charge in [-0.25, -0.2) is 0 Å². The molecule has 2 rings (SSSR count). The lowest BCUT2D eigenvalue weighted by Gasteiger charge is -2.45. The number of nitrogens with zero attached hydrogens (tertiary/aromatic N) is 2. The van der Waals surface area contributed by atoms with Crippen LogP contribution in [0.4, 0.5) is 0 Å². The first kappa shape index (κ1) is 16.3. The Hall–Kier alpha value is -0.120. The first-order valence-corrected chi connectivity index (χ1v) is 8.25. The van der Waals surface area contributed by atoms with Crippen LogP contribution in [0.15, 0.2) is 0 Å². The van der Waals surface area contributed by atoms with E-state index in [0.29, 0.717) is 11.0 Å². The minimum atomic E-state index is -0.00781. The fraction of sp³-hybridized carbons (Fsp3) is 1.00. The molecule has 2 fully saturated rings. The maximum Gasteiger partial charge on any atom is 0.0600 e. The molecule has 2 aliphatic rings. The van der Waals surface area contributed by atoms with Gasteiger partial charge < -0.3 is 4.74 Å². The molecule has 20 heavy (non-hydrogen) atoms. The van der Waals surface area contributed by atoms with E-state index in [-0.39, 0.29) is 5.60 Å². The van der Waals surface area contributed by atoms with E-state index in [1.54, 1.807) is 0 Å². The molecule has 0 unspecified atom stereocenters. The smallest absolute Gasteiger partial charge is 0.0600 e. The summed E-state index contributed by atoms with van der Waals surface area (Å²) in [6.07, 6.45) is 2.78. The van der Waals surface area contributed by atoms with E-state index in [0.717, 1.165) is 13.2 Å². The second kappa shape index (κ2) is 5.58. The fourth-order valence-electron chi connectivity index (χ4n) is 3.54. The first-order valence-electron chi connectivity index (χ1n) is 8.25. The zero-order valence-corrected chi connectivity index (χ0v) is 14.5. The second-order valence-corrected chi connectivity index (χ2v) is 8.57. The first-order chi connectivity index (χ1) is 9.14. The van der Waals surface area contributed by atoms with Crippen LogP contribution in [0.3, 0.4) is 0 Å². The Morgan fingerprint density at radius 1 is 0.900 bits per heavy atom. The van der Waals surface area contributed by atoms with Gasteiger partial charge in [0.05, 0.1) is 12.2 Å². The van der Waals surface area contributed by atoms with E-state index >= 15 is 0 Å². The Balaban J connectivity index is 1.74. The average molecular weight is 282 g/mol. The van der Waals surface area contributed by atoms with Gasteiger partial charge in [-0.3, -0.25) is 9.80 Å². The highest BCUT2D eigenvalue weighted by molar-refractivity contribution is 5.11. The highest BCUT2D eigenvalue weighted by atomic mass is 16.5. The second-order valence-electron chi connectivity index (χ2n) is 8.57. The van der Waals surface area contributed by atoms with Crippen molar-refractivity contribution in [1.82, 2.24) is 9.80 Å². The van der Waals surface area contributed by atoms with Gasteiger partial charge in [-0.05, 0) is 39.0 Å². The van der Waals surface area contributed by atoms with Crippen molar-refractivity contribution in [3.8, 4) is 0 Å². The number of piperazine rings is 1. The molecule has 3 nitrogen and oxygen atoms in total. The Bertz CT molecular complexity index is 315. The summed E-state index contributed by atoms with van der Waals surface area (Å²) in [7, 11) is 0. The lowest BCUT2D eigenvalue weighted by atomic mass is 9.82. The quantitative estimate of drug-likeness (QED) is 0.788. The average Bonchev–Trinajstić information content (AvgIpc) is 3.08. The van der Waals surface area contributed by atoms with Gasteiger partial charge >= 0.3 is 0 Å². The summed E-state index contributed by atoms with van der Waals surface area (Å²) in [4.78, 5) is 5.31. The van der Waals surface area contributed by atoms with Crippen LogP contribution in [0.1, 0.15) is 54.4 Å². The molecule has 0 bridgehead atoms. The summed E-state index contributed by atoms with van der Waals surface area (Å²) in [6.45, 7) is 20.4. The molecule has 0 aromatic carbocycles. The minimum absolute atomic E-state index is 0.00781. The van der Waals surface area contributed by atoms with E-state index in [1.807, 2.05) is 0 Å². The van der Waals surface area contributed by atoms with Gasteiger partial charge in [-0.15, -0.1) is 0 Å². The summed E-state index contributed by atoms with van der Waals surface area (Å²) in [5.41, 5.74) is 0.914. The molecule has 0 amide bonds. The lowest BCUT2D eigenvalue weighted by molar-refractivity contribution is -0.0254. The van der Waals surface area contributed by atoms with Crippen LogP contribution >= 0.6 is 0 Å². The van der Waals surface area contributed by atoms with Gasteiger partial charge in [0.1, 0.15) is 0 Å². The maximum atomic E-state index is 5.84. The molecule has 1 aliphatic heterocycles. The van der Waals surface area contributed by atoms with Gasteiger partial charge in [-0.1, -0.05) is 20.8 Å². The van der Waals surface area contributed by atoms with Gasteiger partial charge in [0.15, 0.2) is 0 Å². The third-order valence-corrected chi connectivity index (χ3v) is 5.04. The van der Waals surface area contributed by atoms with Crippen molar-refractivity contribution in [1.29, 1.82) is 0 Å². The van der Waals surface area contributed by atoms with Gasteiger partial charge in [-0.2, -0.15) is 0 Å². The molecule has 3 heteroatoms. The largest absolute Gasteiger partial charge is 0.375 e. The van der Waals surface area contributed by atoms with Crippen molar-refractivity contribution in [3.05, 3.63) is 0 Å². The van der Waals surface area contributed by atoms with Crippen LogP contribution in [0.2, 0.25) is 0 Å². The molecule has 0 N–H and O–H groups in total. The zero-order chi connectivity index (χ0) is 15.0. The third-order valence-electron chi connectivity index (χ3n) is 5.04. The van der Waals surface area contributed by atoms with E-state index in [4.69, 9.17) is 4.74 Å². The third kappa shape index (κ3) is 3.75. The van der Waals surface area contributed by atoms with Crippen LogP contribution < -0.4 is 0 Å². The SMILES string of the molecule is CC(C)(C)OCCN1CCN(C2(C(C)(C)C)CC2)CC1. The van der Waals surface area contributed by atoms with Gasteiger partial charge in [0, 0.05) is 38.3 Å². The van der Waals surface area contributed by atoms with Crippen molar-refractivity contribution in [2.24, 2.45) is 5.41 Å². The summed E-state index contributed by atoms with van der Waals surface area (Å²) in [5.74, 6) is 0. The lowest BCUT2D eigenvalue weighted by Crippen LogP contribution is -2.55. The van der Waals surface area contributed by atoms with Crippen LogP contribution in [0, 0.1) is 5.41 Å². The van der Waals surface area contributed by atoms with E-state index in [9.17, 15) is 0 Å². The van der Waals surface area contributed by atoms with Gasteiger partial charge in [0.25, 0.3) is 0 Å². The number of ether oxygens (including phenoxy) is 1. The molecule has 0 radical (unpaired) electrons. The zero-order valence-electron chi connectivity index (χ0n) is 14.5. The van der Waals surface area contributed by atoms with Crippen molar-refractivity contribution in [3.63, 3.8) is 0 Å². The topological polar surface area (TPSA) is 15.7 Å². The predicted octanol–water partition coefficient (Wildman–Crippen LogP) is 3.00. The van der Waals surface area contributed by atoms with Crippen molar-refractivity contribution >= 4 is 0 Å². The van der Waals surface area contributed by atoms with Crippen molar-refractivity contribution < 1.29 is 4.74 Å². The molecule has 0 atom stereocenters. The summed E-state index contributed by atoms with van der Waals surface area (Å²) in [5, 5.41) is 0. The summed E-state index contributed by atoms with van der Waals surface area (Å²) >= 11 is 0. The van der Waals surface area contributed by atoms with E-state index in [2.05, 4.69) is 51.3 Å². The molecular weight excluding hydrogens is 248 g/mol. The maximum absolute atomic E-state index is 5.84. The standard InChI is InChI=1S/C17H34N2O/c1-15(2,3)17(7-8-17)19-11-9-18(10-12-19)13-14-20-16(4,5)6/h7-14H2,1-6H3. The molecule has 1 heterocycles. The fourth-order valence-corrected chi connectivity index (χ4v) is 3.54. The monoisotopic (exact) mass is 282 g/mol. The summed E-state index contributed by atoms with van der Waals surface area (Å²) in [6, 6.07) is 0. The molecule has 1 saturated heterocycles. The highest BCUT2D eigenvalue weighted by Crippen LogP contribution is 2.54. The molecule has 118 valence electrons. The Morgan fingerprint density at radius 2 is 1.45 bits per heavy atom. The van der Waals surface area contributed by atoms with E-state index < -0.39 is 0 Å². The number of rotatable bonds is 4. The van der Waals surface area contributed by atoms with Gasteiger partial charge in [0.2, 0.25) is 0 Å². The molecular formula is C17H34N2O.